The van der Waals surface area contributed by atoms with Crippen molar-refractivity contribution < 1.29 is 9.90 Å². The van der Waals surface area contributed by atoms with E-state index in [1.165, 1.54) is 0 Å². The molecule has 96 valence electrons. The van der Waals surface area contributed by atoms with E-state index >= 15 is 0 Å². The lowest BCUT2D eigenvalue weighted by Gasteiger charge is -2.14. The first-order chi connectivity index (χ1) is 8.65. The summed E-state index contributed by atoms with van der Waals surface area (Å²) in [4.78, 5) is 13.8. The van der Waals surface area contributed by atoms with Gasteiger partial charge in [0.25, 0.3) is 0 Å². The van der Waals surface area contributed by atoms with E-state index < -0.39 is 12.0 Å². The van der Waals surface area contributed by atoms with Gasteiger partial charge in [-0.1, -0.05) is 33.2 Å². The van der Waals surface area contributed by atoms with E-state index in [1.54, 1.807) is 24.3 Å². The predicted octanol–water partition coefficient (Wildman–Crippen LogP) is 2.86. The van der Waals surface area contributed by atoms with E-state index in [0.29, 0.717) is 25.1 Å². The van der Waals surface area contributed by atoms with Crippen molar-refractivity contribution in [2.24, 2.45) is 5.11 Å². The Kier molecular flexibility index (Phi) is 6.21. The number of azide groups is 1. The fourth-order valence-electron chi connectivity index (χ4n) is 1.44. The highest BCUT2D eigenvalue weighted by molar-refractivity contribution is 9.10. The van der Waals surface area contributed by atoms with Crippen LogP contribution in [0.5, 0.6) is 0 Å². The SMILES string of the molecule is [N-]=[N+]=NCCCNC(C(=O)O)c1ccc(Br)cc1. The second-order valence-corrected chi connectivity index (χ2v) is 4.50. The van der Waals surface area contributed by atoms with Crippen LogP contribution in [0.25, 0.3) is 10.4 Å². The number of carboxylic acid groups (broad SMARTS) is 1. The second-order valence-electron chi connectivity index (χ2n) is 3.58. The smallest absolute Gasteiger partial charge is 0.325 e. The van der Waals surface area contributed by atoms with Gasteiger partial charge < -0.3 is 10.4 Å². The molecule has 1 atom stereocenters. The van der Waals surface area contributed by atoms with Gasteiger partial charge in [-0.15, -0.1) is 0 Å². The maximum atomic E-state index is 11.1. The van der Waals surface area contributed by atoms with Crippen LogP contribution in [0.15, 0.2) is 33.9 Å². The number of hydrogen-bond acceptors (Lipinski definition) is 3. The Morgan fingerprint density at radius 3 is 2.72 bits per heavy atom. The molecule has 0 bridgehead atoms. The van der Waals surface area contributed by atoms with E-state index in [-0.39, 0.29) is 0 Å². The summed E-state index contributed by atoms with van der Waals surface area (Å²) in [6.45, 7) is 0.836. The van der Waals surface area contributed by atoms with Crippen LogP contribution in [0.4, 0.5) is 0 Å². The number of rotatable bonds is 7. The molecule has 0 amide bonds. The zero-order valence-corrected chi connectivity index (χ0v) is 11.2. The minimum Gasteiger partial charge on any atom is -0.480 e. The first kappa shape index (κ1) is 14.5. The number of nitrogens with zero attached hydrogens (tertiary/aromatic N) is 3. The molecule has 0 aliphatic carbocycles. The molecule has 1 rings (SSSR count). The van der Waals surface area contributed by atoms with Crippen molar-refractivity contribution in [2.75, 3.05) is 13.1 Å². The molecule has 0 saturated carbocycles. The Balaban J connectivity index is 2.57. The second kappa shape index (κ2) is 7.71. The van der Waals surface area contributed by atoms with E-state index in [2.05, 4.69) is 31.3 Å². The van der Waals surface area contributed by atoms with Crippen molar-refractivity contribution >= 4 is 21.9 Å². The zero-order chi connectivity index (χ0) is 13.4. The number of nitrogens with one attached hydrogen (secondary N) is 1. The summed E-state index contributed by atoms with van der Waals surface area (Å²) in [5.41, 5.74) is 8.80. The van der Waals surface area contributed by atoms with Crippen LogP contribution in [-0.2, 0) is 4.79 Å². The summed E-state index contributed by atoms with van der Waals surface area (Å²) in [5.74, 6) is -0.930. The Hall–Kier alpha value is -1.56. The predicted molar refractivity (Wildman–Crippen MR) is 71.2 cm³/mol. The van der Waals surface area contributed by atoms with Crippen molar-refractivity contribution in [2.45, 2.75) is 12.5 Å². The number of halogens is 1. The molecule has 0 radical (unpaired) electrons. The molecule has 1 aromatic carbocycles. The number of aliphatic carboxylic acids is 1. The van der Waals surface area contributed by atoms with Crippen LogP contribution >= 0.6 is 15.9 Å². The molecule has 2 N–H and O–H groups in total. The van der Waals surface area contributed by atoms with Gasteiger partial charge in [0.2, 0.25) is 0 Å². The molecule has 0 aliphatic rings. The Morgan fingerprint density at radius 1 is 1.50 bits per heavy atom. The third kappa shape index (κ3) is 4.75. The largest absolute Gasteiger partial charge is 0.480 e. The molecule has 0 heterocycles. The first-order valence-corrected chi connectivity index (χ1v) is 6.17. The highest BCUT2D eigenvalue weighted by Gasteiger charge is 2.18. The lowest BCUT2D eigenvalue weighted by molar-refractivity contribution is -0.139. The van der Waals surface area contributed by atoms with E-state index in [4.69, 9.17) is 10.6 Å². The minimum atomic E-state index is -0.930. The molecule has 18 heavy (non-hydrogen) atoms. The van der Waals surface area contributed by atoms with Gasteiger partial charge in [-0.3, -0.25) is 4.79 Å². The molecule has 7 heteroatoms. The highest BCUT2D eigenvalue weighted by Crippen LogP contribution is 2.17. The average molecular weight is 313 g/mol. The van der Waals surface area contributed by atoms with Gasteiger partial charge in [0, 0.05) is 15.9 Å². The lowest BCUT2D eigenvalue weighted by atomic mass is 10.1. The van der Waals surface area contributed by atoms with Gasteiger partial charge in [0.15, 0.2) is 0 Å². The first-order valence-electron chi connectivity index (χ1n) is 5.37. The number of carboxylic acids is 1. The van der Waals surface area contributed by atoms with Gasteiger partial charge in [0.1, 0.15) is 6.04 Å². The standard InChI is InChI=1S/C11H13BrN4O2/c12-9-4-2-8(3-5-9)10(11(17)18)14-6-1-7-15-16-13/h2-5,10,14H,1,6-7H2,(H,17,18). The van der Waals surface area contributed by atoms with Crippen LogP contribution in [0.1, 0.15) is 18.0 Å². The summed E-state index contributed by atoms with van der Waals surface area (Å²) >= 11 is 3.30. The summed E-state index contributed by atoms with van der Waals surface area (Å²) in [5, 5.41) is 15.4. The topological polar surface area (TPSA) is 98.1 Å². The third-order valence-corrected chi connectivity index (χ3v) is 2.83. The van der Waals surface area contributed by atoms with Crippen molar-refractivity contribution in [1.29, 1.82) is 0 Å². The molecule has 6 nitrogen and oxygen atoms in total. The maximum absolute atomic E-state index is 11.1. The van der Waals surface area contributed by atoms with E-state index in [9.17, 15) is 4.79 Å². The molecule has 0 aromatic heterocycles. The molecule has 1 unspecified atom stereocenters. The highest BCUT2D eigenvalue weighted by atomic mass is 79.9. The number of carbonyl (C=O) groups is 1. The Morgan fingerprint density at radius 2 is 2.17 bits per heavy atom. The normalized spacial score (nSPS) is 11.6. The molecule has 0 aliphatic heterocycles. The number of benzene rings is 1. The Labute approximate surface area is 113 Å². The minimum absolute atomic E-state index is 0.357. The van der Waals surface area contributed by atoms with Crippen LogP contribution < -0.4 is 5.32 Å². The van der Waals surface area contributed by atoms with Gasteiger partial charge >= 0.3 is 5.97 Å². The monoisotopic (exact) mass is 312 g/mol. The van der Waals surface area contributed by atoms with E-state index in [0.717, 1.165) is 4.47 Å². The summed E-state index contributed by atoms with van der Waals surface area (Å²) in [6.07, 6.45) is 0.602. The van der Waals surface area contributed by atoms with E-state index in [1.807, 2.05) is 0 Å². The van der Waals surface area contributed by atoms with Gasteiger partial charge in [-0.25, -0.2) is 0 Å². The maximum Gasteiger partial charge on any atom is 0.325 e. The van der Waals surface area contributed by atoms with Crippen LogP contribution in [-0.4, -0.2) is 24.2 Å². The molecular weight excluding hydrogens is 300 g/mol. The van der Waals surface area contributed by atoms with Crippen molar-refractivity contribution in [3.05, 3.63) is 44.7 Å². The Bertz CT molecular complexity index is 443. The molecular formula is C11H13BrN4O2. The summed E-state index contributed by atoms with van der Waals surface area (Å²) in [6, 6.07) is 6.36. The summed E-state index contributed by atoms with van der Waals surface area (Å²) < 4.78 is 0.902. The van der Waals surface area contributed by atoms with Gasteiger partial charge in [0.05, 0.1) is 0 Å². The molecule has 0 spiro atoms. The quantitative estimate of drug-likeness (QED) is 0.350. The van der Waals surface area contributed by atoms with Crippen molar-refractivity contribution in [1.82, 2.24) is 5.32 Å². The molecule has 1 aromatic rings. The lowest BCUT2D eigenvalue weighted by Crippen LogP contribution is -2.29. The fourth-order valence-corrected chi connectivity index (χ4v) is 1.71. The number of hydrogen-bond donors (Lipinski definition) is 2. The van der Waals surface area contributed by atoms with Crippen LogP contribution in [0.2, 0.25) is 0 Å². The zero-order valence-electron chi connectivity index (χ0n) is 9.58. The average Bonchev–Trinajstić information content (AvgIpc) is 2.35. The fraction of sp³-hybridized carbons (Fsp3) is 0.364. The molecule has 0 saturated heterocycles. The van der Waals surface area contributed by atoms with Crippen molar-refractivity contribution in [3.8, 4) is 0 Å². The molecule has 0 fully saturated rings. The van der Waals surface area contributed by atoms with Crippen LogP contribution in [0, 0.1) is 0 Å². The van der Waals surface area contributed by atoms with Crippen LogP contribution in [0.3, 0.4) is 0 Å². The third-order valence-electron chi connectivity index (χ3n) is 2.30. The van der Waals surface area contributed by atoms with Crippen molar-refractivity contribution in [3.63, 3.8) is 0 Å². The summed E-state index contributed by atoms with van der Waals surface area (Å²) in [7, 11) is 0. The van der Waals surface area contributed by atoms with Gasteiger partial charge in [-0.2, -0.15) is 0 Å². The van der Waals surface area contributed by atoms with Gasteiger partial charge in [-0.05, 0) is 36.2 Å².